The molecule has 0 aliphatic heterocycles. The van der Waals surface area contributed by atoms with Crippen LogP contribution in [0.3, 0.4) is 0 Å². The molecule has 34 heavy (non-hydrogen) atoms. The average Bonchev–Trinajstić information content (AvgIpc) is 3.33. The Morgan fingerprint density at radius 1 is 0.912 bits per heavy atom. The normalized spacial score (nSPS) is 10.4. The first kappa shape index (κ1) is 24.6. The number of carbonyl (C=O) groups excluding carboxylic acids is 2. The molecule has 0 aliphatic rings. The molecule has 0 atom stereocenters. The summed E-state index contributed by atoms with van der Waals surface area (Å²) in [5, 5.41) is 4.33. The molecule has 2 N–H and O–H groups in total. The molecule has 0 bridgehead atoms. The zero-order valence-electron chi connectivity index (χ0n) is 19.7. The van der Waals surface area contributed by atoms with Crippen molar-refractivity contribution in [1.82, 2.24) is 20.6 Å². The Hall–Kier alpha value is -4.01. The van der Waals surface area contributed by atoms with E-state index >= 15 is 0 Å². The van der Waals surface area contributed by atoms with Crippen LogP contribution in [0.25, 0.3) is 5.69 Å². The maximum atomic E-state index is 12.7. The first-order valence-electron chi connectivity index (χ1n) is 11.3. The molecule has 180 valence electrons. The number of nitrogens with one attached hydrogen (secondary N) is 2. The fraction of sp³-hybridized carbons (Fsp3) is 0.320. The van der Waals surface area contributed by atoms with Gasteiger partial charge in [0.25, 0.3) is 5.91 Å². The summed E-state index contributed by atoms with van der Waals surface area (Å²) in [6.07, 6.45) is 4.29. The summed E-state index contributed by atoms with van der Waals surface area (Å²) >= 11 is 0. The van der Waals surface area contributed by atoms with Crippen molar-refractivity contribution >= 4 is 11.8 Å². The van der Waals surface area contributed by atoms with Crippen LogP contribution >= 0.6 is 0 Å². The van der Waals surface area contributed by atoms with Gasteiger partial charge in [0.1, 0.15) is 0 Å². The second-order valence-electron chi connectivity index (χ2n) is 7.23. The highest BCUT2D eigenvalue weighted by Crippen LogP contribution is 2.39. The molecule has 0 saturated carbocycles. The topological polar surface area (TPSA) is 104 Å². The van der Waals surface area contributed by atoms with Crippen molar-refractivity contribution in [2.45, 2.75) is 33.6 Å². The fourth-order valence-corrected chi connectivity index (χ4v) is 3.25. The lowest BCUT2D eigenvalue weighted by molar-refractivity contribution is -0.121. The summed E-state index contributed by atoms with van der Waals surface area (Å²) in [5.74, 6) is 0.448. The van der Waals surface area contributed by atoms with Crippen molar-refractivity contribution in [2.75, 3.05) is 19.8 Å². The van der Waals surface area contributed by atoms with Gasteiger partial charge < -0.3 is 14.2 Å². The molecule has 0 aliphatic carbocycles. The van der Waals surface area contributed by atoms with Crippen molar-refractivity contribution in [1.29, 1.82) is 0 Å². The van der Waals surface area contributed by atoms with Crippen molar-refractivity contribution < 1.29 is 23.8 Å². The highest BCUT2D eigenvalue weighted by atomic mass is 16.5. The van der Waals surface area contributed by atoms with Gasteiger partial charge in [0.15, 0.2) is 11.5 Å². The number of nitrogens with zero attached hydrogens (tertiary/aromatic N) is 2. The standard InChI is InChI=1S/C25H30N4O5/c1-4-32-21-14-19(15-22(33-5-2)24(21)34-6-3)25(31)28-27-23(30)13-12-18-16-26-29(17-18)20-10-8-7-9-11-20/h7-11,14-17H,4-6,12-13H2,1-3H3,(H,27,30)(H,28,31). The summed E-state index contributed by atoms with van der Waals surface area (Å²) in [7, 11) is 0. The molecule has 1 aromatic heterocycles. The number of hydrazine groups is 1. The van der Waals surface area contributed by atoms with Gasteiger partial charge in [0.2, 0.25) is 11.7 Å². The van der Waals surface area contributed by atoms with Crippen LogP contribution < -0.4 is 25.1 Å². The number of ether oxygens (including phenoxy) is 3. The minimum Gasteiger partial charge on any atom is -0.490 e. The highest BCUT2D eigenvalue weighted by Gasteiger charge is 2.18. The Kier molecular flexibility index (Phi) is 8.90. The van der Waals surface area contributed by atoms with Gasteiger partial charge in [-0.15, -0.1) is 0 Å². The number of rotatable bonds is 11. The first-order valence-corrected chi connectivity index (χ1v) is 11.3. The van der Waals surface area contributed by atoms with Gasteiger partial charge in [-0.1, -0.05) is 18.2 Å². The van der Waals surface area contributed by atoms with E-state index in [4.69, 9.17) is 14.2 Å². The summed E-state index contributed by atoms with van der Waals surface area (Å²) in [5.41, 5.74) is 7.04. The third kappa shape index (κ3) is 6.50. The molecule has 0 saturated heterocycles. The van der Waals surface area contributed by atoms with E-state index in [2.05, 4.69) is 16.0 Å². The number of carbonyl (C=O) groups is 2. The molecular formula is C25H30N4O5. The van der Waals surface area contributed by atoms with E-state index in [9.17, 15) is 9.59 Å². The van der Waals surface area contributed by atoms with Crippen LogP contribution in [-0.2, 0) is 11.2 Å². The largest absolute Gasteiger partial charge is 0.490 e. The van der Waals surface area contributed by atoms with Crippen LogP contribution in [0, 0.1) is 0 Å². The van der Waals surface area contributed by atoms with Gasteiger partial charge >= 0.3 is 0 Å². The van der Waals surface area contributed by atoms with Crippen LogP contribution in [-0.4, -0.2) is 41.4 Å². The summed E-state index contributed by atoms with van der Waals surface area (Å²) < 4.78 is 18.7. The average molecular weight is 467 g/mol. The Morgan fingerprint density at radius 2 is 1.56 bits per heavy atom. The summed E-state index contributed by atoms with van der Waals surface area (Å²) in [4.78, 5) is 25.0. The maximum absolute atomic E-state index is 12.7. The Labute approximate surface area is 199 Å². The van der Waals surface area contributed by atoms with Crippen molar-refractivity contribution in [3.8, 4) is 22.9 Å². The first-order chi connectivity index (χ1) is 16.5. The second kappa shape index (κ2) is 12.3. The van der Waals surface area contributed by atoms with Gasteiger partial charge in [0.05, 0.1) is 31.7 Å². The molecule has 0 spiro atoms. The zero-order chi connectivity index (χ0) is 24.3. The van der Waals surface area contributed by atoms with Crippen LogP contribution in [0.1, 0.15) is 43.1 Å². The van der Waals surface area contributed by atoms with E-state index in [0.29, 0.717) is 43.5 Å². The number of amides is 2. The van der Waals surface area contributed by atoms with Gasteiger partial charge in [-0.25, -0.2) is 4.68 Å². The van der Waals surface area contributed by atoms with Crippen LogP contribution in [0.2, 0.25) is 0 Å². The molecule has 9 heteroatoms. The van der Waals surface area contributed by atoms with Crippen molar-refractivity contribution in [2.24, 2.45) is 0 Å². The maximum Gasteiger partial charge on any atom is 0.269 e. The predicted octanol–water partition coefficient (Wildman–Crippen LogP) is 3.46. The minimum absolute atomic E-state index is 0.193. The van der Waals surface area contributed by atoms with E-state index in [0.717, 1.165) is 11.3 Å². The third-order valence-electron chi connectivity index (χ3n) is 4.78. The minimum atomic E-state index is -0.491. The predicted molar refractivity (Wildman–Crippen MR) is 127 cm³/mol. The quantitative estimate of drug-likeness (QED) is 0.420. The molecular weight excluding hydrogens is 436 g/mol. The van der Waals surface area contributed by atoms with E-state index in [1.165, 1.54) is 0 Å². The number of para-hydroxylation sites is 1. The molecule has 0 unspecified atom stereocenters. The van der Waals surface area contributed by atoms with Crippen LogP contribution in [0.15, 0.2) is 54.9 Å². The van der Waals surface area contributed by atoms with Crippen LogP contribution in [0.5, 0.6) is 17.2 Å². The molecule has 2 aromatic carbocycles. The van der Waals surface area contributed by atoms with Gasteiger partial charge in [0, 0.05) is 18.2 Å². The van der Waals surface area contributed by atoms with Crippen molar-refractivity contribution in [3.05, 3.63) is 66.0 Å². The lowest BCUT2D eigenvalue weighted by atomic mass is 10.1. The van der Waals surface area contributed by atoms with E-state index in [1.54, 1.807) is 23.0 Å². The van der Waals surface area contributed by atoms with E-state index in [-0.39, 0.29) is 17.9 Å². The monoisotopic (exact) mass is 466 g/mol. The van der Waals surface area contributed by atoms with E-state index in [1.807, 2.05) is 57.3 Å². The SMILES string of the molecule is CCOc1cc(C(=O)NNC(=O)CCc2cnn(-c3ccccc3)c2)cc(OCC)c1OCC. The number of benzene rings is 2. The third-order valence-corrected chi connectivity index (χ3v) is 4.78. The van der Waals surface area contributed by atoms with Crippen molar-refractivity contribution in [3.63, 3.8) is 0 Å². The highest BCUT2D eigenvalue weighted by molar-refractivity contribution is 5.96. The lowest BCUT2D eigenvalue weighted by Crippen LogP contribution is -2.41. The Bertz CT molecular complexity index is 1070. The van der Waals surface area contributed by atoms with Crippen LogP contribution in [0.4, 0.5) is 0 Å². The van der Waals surface area contributed by atoms with Gasteiger partial charge in [-0.3, -0.25) is 20.4 Å². The summed E-state index contributed by atoms with van der Waals surface area (Å²) in [6.45, 7) is 6.75. The lowest BCUT2D eigenvalue weighted by Gasteiger charge is -2.17. The van der Waals surface area contributed by atoms with E-state index < -0.39 is 5.91 Å². The number of aryl methyl sites for hydroxylation is 1. The fourth-order valence-electron chi connectivity index (χ4n) is 3.25. The smallest absolute Gasteiger partial charge is 0.269 e. The summed E-state index contributed by atoms with van der Waals surface area (Å²) in [6, 6.07) is 12.8. The number of hydrogen-bond acceptors (Lipinski definition) is 6. The molecule has 2 amide bonds. The van der Waals surface area contributed by atoms with Gasteiger partial charge in [-0.2, -0.15) is 5.10 Å². The molecule has 3 rings (SSSR count). The number of aromatic nitrogens is 2. The molecule has 1 heterocycles. The Balaban J connectivity index is 1.58. The Morgan fingerprint density at radius 3 is 2.18 bits per heavy atom. The zero-order valence-corrected chi connectivity index (χ0v) is 19.7. The molecule has 0 radical (unpaired) electrons. The molecule has 9 nitrogen and oxygen atoms in total. The van der Waals surface area contributed by atoms with Gasteiger partial charge in [-0.05, 0) is 57.0 Å². The second-order valence-corrected chi connectivity index (χ2v) is 7.23. The number of hydrogen-bond donors (Lipinski definition) is 2. The molecule has 3 aromatic rings. The molecule has 0 fully saturated rings.